The van der Waals surface area contributed by atoms with E-state index in [1.54, 1.807) is 17.0 Å². The minimum absolute atomic E-state index is 0.0329. The van der Waals surface area contributed by atoms with Gasteiger partial charge in [0.2, 0.25) is 5.91 Å². The molecule has 6 rings (SSSR count). The smallest absolute Gasteiger partial charge is 0.236 e. The number of aliphatic hydroxyl groups is 1. The molecule has 216 valence electrons. The van der Waals surface area contributed by atoms with Crippen molar-refractivity contribution < 1.29 is 18.7 Å². The van der Waals surface area contributed by atoms with E-state index in [4.69, 9.17) is 9.97 Å². The molecule has 41 heavy (non-hydrogen) atoms. The number of thiazole rings is 1. The number of piperazine rings is 1. The van der Waals surface area contributed by atoms with Gasteiger partial charge in [-0.1, -0.05) is 6.92 Å². The molecule has 0 radical (unpaired) electrons. The standard InChI is InChI=1S/C29H33F2N7O2S/c1-3-23-28(34(2)29-33-24(18-41-29)19-4-6-20(30)7-5-19)38-16-25(22(31)14-26(38)32-23)36-12-10-35(11-13-36)17-27(40)37-9-8-21(39)15-37/h4-7,14,16,18,21,39H,3,8-13,15,17H2,1-2H3/t21-/m0/s1. The maximum atomic E-state index is 15.4. The fourth-order valence-electron chi connectivity index (χ4n) is 5.58. The van der Waals surface area contributed by atoms with Crippen LogP contribution in [-0.2, 0) is 11.2 Å². The van der Waals surface area contributed by atoms with Gasteiger partial charge in [-0.05, 0) is 37.1 Å². The summed E-state index contributed by atoms with van der Waals surface area (Å²) in [5, 5.41) is 12.4. The molecule has 5 heterocycles. The van der Waals surface area contributed by atoms with Crippen LogP contribution in [0.5, 0.6) is 0 Å². The van der Waals surface area contributed by atoms with Crippen molar-refractivity contribution in [3.63, 3.8) is 0 Å². The van der Waals surface area contributed by atoms with Crippen molar-refractivity contribution in [3.8, 4) is 11.3 Å². The Hall–Kier alpha value is -3.61. The highest BCUT2D eigenvalue weighted by Gasteiger charge is 2.28. The third kappa shape index (κ3) is 5.51. The lowest BCUT2D eigenvalue weighted by Crippen LogP contribution is -2.50. The van der Waals surface area contributed by atoms with Crippen LogP contribution in [0.3, 0.4) is 0 Å². The van der Waals surface area contributed by atoms with Crippen LogP contribution in [0.2, 0.25) is 0 Å². The number of amides is 1. The average molecular weight is 582 g/mol. The van der Waals surface area contributed by atoms with Gasteiger partial charge in [-0.2, -0.15) is 0 Å². The molecule has 0 saturated carbocycles. The molecule has 0 aliphatic carbocycles. The van der Waals surface area contributed by atoms with E-state index in [9.17, 15) is 14.3 Å². The summed E-state index contributed by atoms with van der Waals surface area (Å²) in [6, 6.07) is 7.74. The third-order valence-corrected chi connectivity index (χ3v) is 8.81. The number of benzene rings is 1. The summed E-state index contributed by atoms with van der Waals surface area (Å²) in [4.78, 5) is 29.9. The molecule has 0 spiro atoms. The molecule has 0 unspecified atom stereocenters. The van der Waals surface area contributed by atoms with Gasteiger partial charge in [-0.3, -0.25) is 14.1 Å². The molecule has 1 amide bonds. The number of hydrogen-bond donors (Lipinski definition) is 1. The number of imidazole rings is 1. The number of hydrogen-bond acceptors (Lipinski definition) is 8. The van der Waals surface area contributed by atoms with Crippen LogP contribution in [0.25, 0.3) is 16.9 Å². The minimum Gasteiger partial charge on any atom is -0.391 e. The lowest BCUT2D eigenvalue weighted by molar-refractivity contribution is -0.131. The first kappa shape index (κ1) is 27.6. The Kier molecular flexibility index (Phi) is 7.62. The summed E-state index contributed by atoms with van der Waals surface area (Å²) >= 11 is 1.48. The van der Waals surface area contributed by atoms with Gasteiger partial charge in [-0.25, -0.2) is 18.7 Å². The van der Waals surface area contributed by atoms with Crippen molar-refractivity contribution in [1.82, 2.24) is 24.2 Å². The van der Waals surface area contributed by atoms with Crippen molar-refractivity contribution in [2.24, 2.45) is 0 Å². The number of aryl methyl sites for hydroxylation is 1. The van der Waals surface area contributed by atoms with E-state index in [1.807, 2.05) is 39.7 Å². The topological polar surface area (TPSA) is 80.5 Å². The van der Waals surface area contributed by atoms with Crippen LogP contribution in [0.4, 0.5) is 25.4 Å². The number of nitrogens with zero attached hydrogens (tertiary/aromatic N) is 7. The van der Waals surface area contributed by atoms with E-state index in [-0.39, 0.29) is 17.5 Å². The van der Waals surface area contributed by atoms with E-state index in [1.165, 1.54) is 29.5 Å². The molecule has 4 aromatic rings. The summed E-state index contributed by atoms with van der Waals surface area (Å²) in [7, 11) is 1.92. The molecule has 2 fully saturated rings. The lowest BCUT2D eigenvalue weighted by Gasteiger charge is -2.36. The zero-order valence-electron chi connectivity index (χ0n) is 23.1. The molecule has 3 aromatic heterocycles. The number of fused-ring (bicyclic) bond motifs is 1. The monoisotopic (exact) mass is 581 g/mol. The van der Waals surface area contributed by atoms with Crippen molar-refractivity contribution in [1.29, 1.82) is 0 Å². The average Bonchev–Trinajstić information content (AvgIpc) is 3.71. The van der Waals surface area contributed by atoms with Crippen LogP contribution in [0.15, 0.2) is 41.9 Å². The van der Waals surface area contributed by atoms with Gasteiger partial charge in [0.15, 0.2) is 10.9 Å². The first-order valence-electron chi connectivity index (χ1n) is 13.9. The van der Waals surface area contributed by atoms with E-state index in [0.29, 0.717) is 70.0 Å². The van der Waals surface area contributed by atoms with Crippen LogP contribution in [-0.4, -0.2) is 94.1 Å². The predicted octanol–water partition coefficient (Wildman–Crippen LogP) is 3.78. The van der Waals surface area contributed by atoms with E-state index in [0.717, 1.165) is 27.9 Å². The second-order valence-corrected chi connectivity index (χ2v) is 11.4. The van der Waals surface area contributed by atoms with Crippen LogP contribution in [0.1, 0.15) is 19.0 Å². The first-order chi connectivity index (χ1) is 19.8. The van der Waals surface area contributed by atoms with Crippen LogP contribution < -0.4 is 9.80 Å². The number of carbonyl (C=O) groups is 1. The zero-order chi connectivity index (χ0) is 28.7. The van der Waals surface area contributed by atoms with Crippen molar-refractivity contribution >= 4 is 39.5 Å². The Labute approximate surface area is 241 Å². The molecule has 9 nitrogen and oxygen atoms in total. The number of aliphatic hydroxyl groups excluding tert-OH is 1. The maximum absolute atomic E-state index is 15.4. The molecule has 1 N–H and O–H groups in total. The number of rotatable bonds is 7. The van der Waals surface area contributed by atoms with Crippen LogP contribution >= 0.6 is 11.3 Å². The molecule has 2 aliphatic heterocycles. The largest absolute Gasteiger partial charge is 0.391 e. The first-order valence-corrected chi connectivity index (χ1v) is 14.8. The molecule has 2 saturated heterocycles. The molecular formula is C29H33F2N7O2S. The van der Waals surface area contributed by atoms with Crippen LogP contribution in [0, 0.1) is 11.6 Å². The lowest BCUT2D eigenvalue weighted by atomic mass is 10.2. The molecule has 2 aliphatic rings. The molecule has 1 aromatic carbocycles. The third-order valence-electron chi connectivity index (χ3n) is 7.89. The van der Waals surface area contributed by atoms with E-state index < -0.39 is 6.10 Å². The fraction of sp³-hybridized carbons (Fsp3) is 0.414. The van der Waals surface area contributed by atoms with Crippen molar-refractivity contribution in [2.45, 2.75) is 25.9 Å². The Morgan fingerprint density at radius 1 is 1.12 bits per heavy atom. The summed E-state index contributed by atoms with van der Waals surface area (Å²) < 4.78 is 30.7. The fourth-order valence-corrected chi connectivity index (χ4v) is 6.39. The highest BCUT2D eigenvalue weighted by molar-refractivity contribution is 7.14. The summed E-state index contributed by atoms with van der Waals surface area (Å²) in [6.45, 7) is 5.79. The SMILES string of the molecule is CCc1nc2cc(F)c(N3CCN(CC(=O)N4CC[C@H](O)C4)CC3)cn2c1N(C)c1nc(-c2ccc(F)cc2)cs1. The molecular weight excluding hydrogens is 548 g/mol. The minimum atomic E-state index is -0.429. The summed E-state index contributed by atoms with van der Waals surface area (Å²) in [5.41, 5.74) is 3.44. The molecule has 12 heteroatoms. The Bertz CT molecular complexity index is 1550. The Morgan fingerprint density at radius 3 is 2.56 bits per heavy atom. The van der Waals surface area contributed by atoms with E-state index in [2.05, 4.69) is 4.90 Å². The van der Waals surface area contributed by atoms with Gasteiger partial charge in [0.1, 0.15) is 17.3 Å². The van der Waals surface area contributed by atoms with Gasteiger partial charge in [0.25, 0.3) is 0 Å². The Balaban J connectivity index is 1.22. The number of β-amino-alcohol motifs (C(OH)–C–C–N with tert-alkyl or cyclic N) is 1. The second-order valence-electron chi connectivity index (χ2n) is 10.6. The maximum Gasteiger partial charge on any atom is 0.236 e. The second kappa shape index (κ2) is 11.3. The highest BCUT2D eigenvalue weighted by atomic mass is 32.1. The van der Waals surface area contributed by atoms with Gasteiger partial charge in [-0.15, -0.1) is 11.3 Å². The number of aromatic nitrogens is 3. The van der Waals surface area contributed by atoms with Crippen molar-refractivity contribution in [3.05, 3.63) is 59.2 Å². The number of pyridine rings is 1. The molecule has 0 bridgehead atoms. The zero-order valence-corrected chi connectivity index (χ0v) is 23.9. The number of anilines is 3. The number of halogens is 2. The quantitative estimate of drug-likeness (QED) is 0.356. The van der Waals surface area contributed by atoms with Crippen molar-refractivity contribution in [2.75, 3.05) is 62.7 Å². The number of carbonyl (C=O) groups excluding carboxylic acids is 1. The Morgan fingerprint density at radius 2 is 1.88 bits per heavy atom. The number of likely N-dealkylation sites (tertiary alicyclic amines) is 1. The molecule has 1 atom stereocenters. The summed E-state index contributed by atoms with van der Waals surface area (Å²) in [6.07, 6.45) is 2.67. The van der Waals surface area contributed by atoms with Gasteiger partial charge in [0.05, 0.1) is 29.7 Å². The summed E-state index contributed by atoms with van der Waals surface area (Å²) in [5.74, 6) is 0.231. The van der Waals surface area contributed by atoms with Gasteiger partial charge in [0, 0.05) is 69.5 Å². The van der Waals surface area contributed by atoms with E-state index >= 15 is 4.39 Å². The normalized spacial score (nSPS) is 18.0. The highest BCUT2D eigenvalue weighted by Crippen LogP contribution is 2.35. The predicted molar refractivity (Wildman–Crippen MR) is 156 cm³/mol. The van der Waals surface area contributed by atoms with Gasteiger partial charge < -0.3 is 19.8 Å². The van der Waals surface area contributed by atoms with Gasteiger partial charge >= 0.3 is 0 Å².